The van der Waals surface area contributed by atoms with Crippen LogP contribution in [0.1, 0.15) is 35.8 Å². The van der Waals surface area contributed by atoms with Crippen LogP contribution in [0.5, 0.6) is 0 Å². The Balaban J connectivity index is 1.59. The van der Waals surface area contributed by atoms with Crippen LogP contribution in [0.2, 0.25) is 5.02 Å². The number of carbonyl (C=O) groups is 1. The molecule has 3 aromatic heterocycles. The minimum atomic E-state index is -0.293. The number of pyridine rings is 1. The third-order valence-electron chi connectivity index (χ3n) is 4.11. The van der Waals surface area contributed by atoms with Crippen LogP contribution >= 0.6 is 11.6 Å². The van der Waals surface area contributed by atoms with Crippen molar-refractivity contribution in [3.63, 3.8) is 0 Å². The Morgan fingerprint density at radius 1 is 1.26 bits per heavy atom. The highest BCUT2D eigenvalue weighted by Crippen LogP contribution is 2.25. The van der Waals surface area contributed by atoms with Gasteiger partial charge in [0.1, 0.15) is 0 Å². The molecule has 0 aliphatic carbocycles. The smallest absolute Gasteiger partial charge is 0.257 e. The molecule has 1 aromatic carbocycles. The molecular formula is C19H16ClN5O2. The Morgan fingerprint density at radius 3 is 2.85 bits per heavy atom. The molecule has 0 atom stereocenters. The second kappa shape index (κ2) is 6.85. The molecule has 8 heteroatoms. The van der Waals surface area contributed by atoms with Gasteiger partial charge in [0.2, 0.25) is 0 Å². The molecule has 0 saturated heterocycles. The summed E-state index contributed by atoms with van der Waals surface area (Å²) in [6.07, 6.45) is 4.72. The minimum Gasteiger partial charge on any atom is -0.336 e. The van der Waals surface area contributed by atoms with Crippen LogP contribution in [-0.2, 0) is 0 Å². The van der Waals surface area contributed by atoms with Gasteiger partial charge in [-0.1, -0.05) is 42.7 Å². The van der Waals surface area contributed by atoms with E-state index in [0.29, 0.717) is 22.0 Å². The van der Waals surface area contributed by atoms with E-state index in [-0.39, 0.29) is 11.8 Å². The summed E-state index contributed by atoms with van der Waals surface area (Å²) in [5, 5.41) is 12.4. The second-order valence-electron chi connectivity index (χ2n) is 6.38. The average Bonchev–Trinajstić information content (AvgIpc) is 3.28. The fourth-order valence-corrected chi connectivity index (χ4v) is 2.97. The van der Waals surface area contributed by atoms with E-state index in [1.54, 1.807) is 29.2 Å². The van der Waals surface area contributed by atoms with E-state index in [1.807, 2.05) is 32.0 Å². The van der Waals surface area contributed by atoms with E-state index in [2.05, 4.69) is 20.6 Å². The van der Waals surface area contributed by atoms with Crippen LogP contribution < -0.4 is 5.32 Å². The van der Waals surface area contributed by atoms with Gasteiger partial charge in [-0.3, -0.25) is 4.79 Å². The number of para-hydroxylation sites is 1. The summed E-state index contributed by atoms with van der Waals surface area (Å²) in [5.74, 6) is -0.126. The number of anilines is 1. The topological polar surface area (TPSA) is 85.8 Å². The molecule has 0 saturated carbocycles. The summed E-state index contributed by atoms with van der Waals surface area (Å²) in [5.41, 5.74) is 2.89. The molecule has 0 fully saturated rings. The van der Waals surface area contributed by atoms with E-state index in [1.165, 1.54) is 6.20 Å². The molecule has 27 heavy (non-hydrogen) atoms. The molecule has 0 aliphatic heterocycles. The van der Waals surface area contributed by atoms with Crippen molar-refractivity contribution in [1.29, 1.82) is 0 Å². The maximum Gasteiger partial charge on any atom is 0.257 e. The van der Waals surface area contributed by atoms with Crippen LogP contribution in [0.3, 0.4) is 0 Å². The van der Waals surface area contributed by atoms with Gasteiger partial charge in [0, 0.05) is 6.20 Å². The first-order valence-electron chi connectivity index (χ1n) is 8.39. The lowest BCUT2D eigenvalue weighted by Gasteiger charge is -2.04. The Morgan fingerprint density at radius 2 is 2.07 bits per heavy atom. The van der Waals surface area contributed by atoms with Crippen molar-refractivity contribution in [2.45, 2.75) is 19.8 Å². The number of nitrogens with zero attached hydrogens (tertiary/aromatic N) is 4. The van der Waals surface area contributed by atoms with Crippen LogP contribution in [0.25, 0.3) is 16.8 Å². The highest BCUT2D eigenvalue weighted by molar-refractivity contribution is 6.32. The lowest BCUT2D eigenvalue weighted by atomic mass is 10.1. The summed E-state index contributed by atoms with van der Waals surface area (Å²) in [6.45, 7) is 4.01. The van der Waals surface area contributed by atoms with E-state index >= 15 is 0 Å². The molecule has 1 amide bonds. The number of rotatable bonds is 4. The predicted molar refractivity (Wildman–Crippen MR) is 102 cm³/mol. The second-order valence-corrected chi connectivity index (χ2v) is 6.79. The number of hydrogen-bond acceptors (Lipinski definition) is 5. The van der Waals surface area contributed by atoms with Crippen molar-refractivity contribution in [3.05, 3.63) is 65.2 Å². The van der Waals surface area contributed by atoms with Crippen molar-refractivity contribution < 1.29 is 9.32 Å². The number of fused-ring (bicyclic) bond motifs is 1. The monoisotopic (exact) mass is 381 g/mol. The Labute approximate surface area is 159 Å². The lowest BCUT2D eigenvalue weighted by molar-refractivity contribution is 0.102. The maximum absolute atomic E-state index is 12.6. The maximum atomic E-state index is 12.6. The standard InChI is InChI=1S/C19H16ClN5O2/c1-11(2)17-14-7-12(8-21-19(14)27-24-17)18(26)23-13-9-22-25(10-13)16-6-4-3-5-15(16)20/h3-11H,1-2H3,(H,23,26). The van der Waals surface area contributed by atoms with Gasteiger partial charge >= 0.3 is 0 Å². The predicted octanol–water partition coefficient (Wildman–Crippen LogP) is 4.44. The summed E-state index contributed by atoms with van der Waals surface area (Å²) in [6, 6.07) is 9.08. The van der Waals surface area contributed by atoms with Gasteiger partial charge in [0.15, 0.2) is 0 Å². The van der Waals surface area contributed by atoms with Gasteiger partial charge in [-0.15, -0.1) is 0 Å². The Hall–Kier alpha value is -3.19. The largest absolute Gasteiger partial charge is 0.336 e. The molecule has 4 rings (SSSR count). The van der Waals surface area contributed by atoms with E-state index in [0.717, 1.165) is 16.8 Å². The van der Waals surface area contributed by atoms with Crippen LogP contribution in [0, 0.1) is 0 Å². The van der Waals surface area contributed by atoms with Gasteiger partial charge < -0.3 is 9.84 Å². The molecule has 7 nitrogen and oxygen atoms in total. The summed E-state index contributed by atoms with van der Waals surface area (Å²) >= 11 is 6.18. The SMILES string of the molecule is CC(C)c1noc2ncc(C(=O)Nc3cnn(-c4ccccc4Cl)c3)cc12. The lowest BCUT2D eigenvalue weighted by Crippen LogP contribution is -2.11. The molecule has 136 valence electrons. The average molecular weight is 382 g/mol. The van der Waals surface area contributed by atoms with Crippen molar-refractivity contribution in [3.8, 4) is 5.69 Å². The Kier molecular flexibility index (Phi) is 4.37. The number of benzene rings is 1. The normalized spacial score (nSPS) is 11.3. The van der Waals surface area contributed by atoms with Gasteiger partial charge in [-0.05, 0) is 24.1 Å². The van der Waals surface area contributed by atoms with Crippen molar-refractivity contribution >= 4 is 34.3 Å². The van der Waals surface area contributed by atoms with Crippen LogP contribution in [0.4, 0.5) is 5.69 Å². The molecule has 0 spiro atoms. The number of carbonyl (C=O) groups excluding carboxylic acids is 1. The number of aromatic nitrogens is 4. The molecule has 0 bridgehead atoms. The fourth-order valence-electron chi connectivity index (χ4n) is 2.75. The number of amides is 1. The number of nitrogens with one attached hydrogen (secondary N) is 1. The molecule has 0 unspecified atom stereocenters. The summed E-state index contributed by atoms with van der Waals surface area (Å²) < 4.78 is 6.82. The molecule has 0 radical (unpaired) electrons. The summed E-state index contributed by atoms with van der Waals surface area (Å²) in [7, 11) is 0. The summed E-state index contributed by atoms with van der Waals surface area (Å²) in [4.78, 5) is 16.8. The van der Waals surface area contributed by atoms with Crippen molar-refractivity contribution in [2.24, 2.45) is 0 Å². The Bertz CT molecular complexity index is 1130. The minimum absolute atomic E-state index is 0.167. The molecule has 1 N–H and O–H groups in total. The molecular weight excluding hydrogens is 366 g/mol. The first kappa shape index (κ1) is 17.2. The van der Waals surface area contributed by atoms with Crippen molar-refractivity contribution in [2.75, 3.05) is 5.32 Å². The molecule has 4 aromatic rings. The van der Waals surface area contributed by atoms with Crippen LogP contribution in [0.15, 0.2) is 53.4 Å². The zero-order valence-corrected chi connectivity index (χ0v) is 15.4. The van der Waals surface area contributed by atoms with E-state index in [4.69, 9.17) is 16.1 Å². The zero-order chi connectivity index (χ0) is 19.0. The quantitative estimate of drug-likeness (QED) is 0.564. The number of hydrogen-bond donors (Lipinski definition) is 1. The van der Waals surface area contributed by atoms with E-state index < -0.39 is 0 Å². The van der Waals surface area contributed by atoms with Gasteiger partial charge in [0.05, 0.1) is 45.4 Å². The molecule has 3 heterocycles. The first-order valence-corrected chi connectivity index (χ1v) is 8.77. The molecule has 0 aliphatic rings. The number of halogens is 1. The van der Waals surface area contributed by atoms with Gasteiger partial charge in [-0.25, -0.2) is 9.67 Å². The third-order valence-corrected chi connectivity index (χ3v) is 4.43. The fraction of sp³-hybridized carbons (Fsp3) is 0.158. The first-order chi connectivity index (χ1) is 13.0. The third kappa shape index (κ3) is 3.29. The highest BCUT2D eigenvalue weighted by atomic mass is 35.5. The zero-order valence-electron chi connectivity index (χ0n) is 14.7. The van der Waals surface area contributed by atoms with E-state index in [9.17, 15) is 4.79 Å². The van der Waals surface area contributed by atoms with Gasteiger partial charge in [0.25, 0.3) is 11.6 Å². The highest BCUT2D eigenvalue weighted by Gasteiger charge is 2.16. The van der Waals surface area contributed by atoms with Crippen LogP contribution in [-0.4, -0.2) is 25.8 Å². The van der Waals surface area contributed by atoms with Gasteiger partial charge in [-0.2, -0.15) is 5.10 Å². The van der Waals surface area contributed by atoms with Crippen molar-refractivity contribution in [1.82, 2.24) is 19.9 Å².